The first-order chi connectivity index (χ1) is 14.4. The van der Waals surface area contributed by atoms with Gasteiger partial charge in [-0.1, -0.05) is 43.3 Å². The number of sulfonamides is 1. The first-order valence-corrected chi connectivity index (χ1v) is 11.0. The van der Waals surface area contributed by atoms with Crippen molar-refractivity contribution in [2.45, 2.75) is 24.3 Å². The minimum atomic E-state index is -3.79. The highest BCUT2D eigenvalue weighted by Crippen LogP contribution is 2.21. The molecule has 0 aliphatic rings. The maximum absolute atomic E-state index is 12.7. The number of carbonyl (C=O) groups excluding carboxylic acids is 1. The van der Waals surface area contributed by atoms with Crippen molar-refractivity contribution in [1.82, 2.24) is 5.32 Å². The molecule has 6 nitrogen and oxygen atoms in total. The smallest absolute Gasteiger partial charge is 0.261 e. The van der Waals surface area contributed by atoms with Crippen molar-refractivity contribution < 1.29 is 17.9 Å². The zero-order valence-electron chi connectivity index (χ0n) is 16.8. The molecule has 3 rings (SSSR count). The highest BCUT2D eigenvalue weighted by Gasteiger charge is 2.17. The van der Waals surface area contributed by atoms with Crippen LogP contribution >= 0.6 is 0 Å². The molecular weight excluding hydrogens is 400 g/mol. The van der Waals surface area contributed by atoms with Crippen molar-refractivity contribution >= 4 is 21.6 Å². The van der Waals surface area contributed by atoms with Crippen molar-refractivity contribution in [3.05, 3.63) is 90.0 Å². The van der Waals surface area contributed by atoms with Gasteiger partial charge >= 0.3 is 0 Å². The Labute approximate surface area is 177 Å². The molecule has 0 aromatic heterocycles. The van der Waals surface area contributed by atoms with E-state index in [2.05, 4.69) is 10.0 Å². The normalized spacial score (nSPS) is 12.1. The summed E-state index contributed by atoms with van der Waals surface area (Å²) in [6, 6.07) is 22.1. The van der Waals surface area contributed by atoms with E-state index >= 15 is 0 Å². The van der Waals surface area contributed by atoms with Crippen LogP contribution in [0.4, 0.5) is 5.69 Å². The fraction of sp³-hybridized carbons (Fsp3) is 0.174. The standard InChI is InChI=1S/C23H24N2O4S/c1-3-22(17-8-5-4-6-9-17)24-23(26)18-10-7-11-19(16-18)25-30(27,28)21-14-12-20(29-2)13-15-21/h4-16,22,25H,3H2,1-2H3,(H,24,26)/t22-/m0/s1. The fourth-order valence-corrected chi connectivity index (χ4v) is 4.09. The zero-order chi connectivity index (χ0) is 21.6. The molecule has 7 heteroatoms. The predicted octanol–water partition coefficient (Wildman–Crippen LogP) is 4.38. The van der Waals surface area contributed by atoms with Crippen LogP contribution in [0.2, 0.25) is 0 Å². The first-order valence-electron chi connectivity index (χ1n) is 9.55. The molecule has 156 valence electrons. The SMILES string of the molecule is CC[C@H](NC(=O)c1cccc(NS(=O)(=O)c2ccc(OC)cc2)c1)c1ccccc1. The average molecular weight is 425 g/mol. The van der Waals surface area contributed by atoms with Crippen molar-refractivity contribution in [2.75, 3.05) is 11.8 Å². The lowest BCUT2D eigenvalue weighted by Gasteiger charge is -2.18. The lowest BCUT2D eigenvalue weighted by Crippen LogP contribution is -2.28. The number of hydrogen-bond acceptors (Lipinski definition) is 4. The van der Waals surface area contributed by atoms with Gasteiger partial charge in [-0.3, -0.25) is 9.52 Å². The Morgan fingerprint density at radius 3 is 2.30 bits per heavy atom. The van der Waals surface area contributed by atoms with Crippen LogP contribution in [0.15, 0.2) is 83.8 Å². The molecule has 0 unspecified atom stereocenters. The third-order valence-electron chi connectivity index (χ3n) is 4.66. The van der Waals surface area contributed by atoms with Crippen molar-refractivity contribution in [3.8, 4) is 5.75 Å². The van der Waals surface area contributed by atoms with Crippen LogP contribution in [0, 0.1) is 0 Å². The fourth-order valence-electron chi connectivity index (χ4n) is 3.04. The minimum absolute atomic E-state index is 0.105. The summed E-state index contributed by atoms with van der Waals surface area (Å²) in [4.78, 5) is 12.8. The highest BCUT2D eigenvalue weighted by atomic mass is 32.2. The second kappa shape index (κ2) is 9.45. The average Bonchev–Trinajstić information content (AvgIpc) is 2.77. The lowest BCUT2D eigenvalue weighted by molar-refractivity contribution is 0.0935. The van der Waals surface area contributed by atoms with Crippen molar-refractivity contribution in [3.63, 3.8) is 0 Å². The second-order valence-corrected chi connectivity index (χ2v) is 8.39. The summed E-state index contributed by atoms with van der Waals surface area (Å²) in [6.45, 7) is 2.00. The summed E-state index contributed by atoms with van der Waals surface area (Å²) in [7, 11) is -2.28. The summed E-state index contributed by atoms with van der Waals surface area (Å²) < 4.78 is 32.9. The molecule has 0 saturated carbocycles. The maximum atomic E-state index is 12.7. The highest BCUT2D eigenvalue weighted by molar-refractivity contribution is 7.92. The number of carbonyl (C=O) groups is 1. The van der Waals surface area contributed by atoms with E-state index in [-0.39, 0.29) is 16.8 Å². The van der Waals surface area contributed by atoms with Gasteiger partial charge in [0, 0.05) is 11.3 Å². The van der Waals surface area contributed by atoms with E-state index in [0.717, 1.165) is 12.0 Å². The monoisotopic (exact) mass is 424 g/mol. The molecule has 1 atom stereocenters. The summed E-state index contributed by atoms with van der Waals surface area (Å²) in [5.74, 6) is 0.299. The molecule has 0 radical (unpaired) electrons. The molecule has 0 heterocycles. The van der Waals surface area contributed by atoms with Crippen LogP contribution in [0.25, 0.3) is 0 Å². The van der Waals surface area contributed by atoms with E-state index in [1.165, 1.54) is 25.3 Å². The van der Waals surface area contributed by atoms with E-state index in [1.54, 1.807) is 30.3 Å². The molecule has 0 aliphatic heterocycles. The van der Waals surface area contributed by atoms with Gasteiger partial charge in [-0.05, 0) is 54.4 Å². The number of nitrogens with one attached hydrogen (secondary N) is 2. The molecular formula is C23H24N2O4S. The number of amides is 1. The lowest BCUT2D eigenvalue weighted by atomic mass is 10.0. The Bertz CT molecular complexity index is 1100. The Morgan fingerprint density at radius 1 is 0.967 bits per heavy atom. The molecule has 1 amide bonds. The third-order valence-corrected chi connectivity index (χ3v) is 6.06. The van der Waals surface area contributed by atoms with Gasteiger partial charge in [0.25, 0.3) is 15.9 Å². The number of anilines is 1. The van der Waals surface area contributed by atoms with Crippen molar-refractivity contribution in [2.24, 2.45) is 0 Å². The summed E-state index contributed by atoms with van der Waals surface area (Å²) >= 11 is 0. The van der Waals surface area contributed by atoms with E-state index in [4.69, 9.17) is 4.74 Å². The van der Waals surface area contributed by atoms with Crippen molar-refractivity contribution in [1.29, 1.82) is 0 Å². The quantitative estimate of drug-likeness (QED) is 0.562. The molecule has 30 heavy (non-hydrogen) atoms. The molecule has 3 aromatic rings. The summed E-state index contributed by atoms with van der Waals surface area (Å²) in [5.41, 5.74) is 1.70. The predicted molar refractivity (Wildman–Crippen MR) is 117 cm³/mol. The molecule has 2 N–H and O–H groups in total. The van der Waals surface area contributed by atoms with Gasteiger partial charge in [0.15, 0.2) is 0 Å². The van der Waals surface area contributed by atoms with Crippen LogP contribution in [0.3, 0.4) is 0 Å². The van der Waals surface area contributed by atoms with Gasteiger partial charge in [0.05, 0.1) is 18.0 Å². The minimum Gasteiger partial charge on any atom is -0.497 e. The molecule has 0 fully saturated rings. The Kier molecular flexibility index (Phi) is 6.74. The molecule has 0 aliphatic carbocycles. The maximum Gasteiger partial charge on any atom is 0.261 e. The topological polar surface area (TPSA) is 84.5 Å². The van der Waals surface area contributed by atoms with Gasteiger partial charge in [0.1, 0.15) is 5.75 Å². The van der Waals surface area contributed by atoms with E-state index < -0.39 is 10.0 Å². The molecule has 0 saturated heterocycles. The van der Waals surface area contributed by atoms with Crippen LogP contribution in [0.5, 0.6) is 5.75 Å². The summed E-state index contributed by atoms with van der Waals surface area (Å²) in [5, 5.41) is 3.00. The molecule has 0 spiro atoms. The van der Waals surface area contributed by atoms with E-state index in [1.807, 2.05) is 37.3 Å². The van der Waals surface area contributed by atoms with Gasteiger partial charge in [-0.2, -0.15) is 0 Å². The number of rotatable bonds is 8. The zero-order valence-corrected chi connectivity index (χ0v) is 17.6. The van der Waals surface area contributed by atoms with Gasteiger partial charge in [-0.15, -0.1) is 0 Å². The van der Waals surface area contributed by atoms with Crippen LogP contribution < -0.4 is 14.8 Å². The Morgan fingerprint density at radius 2 is 1.67 bits per heavy atom. The Balaban J connectivity index is 1.75. The first kappa shape index (κ1) is 21.4. The largest absolute Gasteiger partial charge is 0.497 e. The van der Waals surface area contributed by atoms with Crippen LogP contribution in [-0.2, 0) is 10.0 Å². The molecule has 3 aromatic carbocycles. The number of hydrogen-bond donors (Lipinski definition) is 2. The second-order valence-electron chi connectivity index (χ2n) is 6.71. The number of benzene rings is 3. The third kappa shape index (κ3) is 5.18. The van der Waals surface area contributed by atoms with Gasteiger partial charge in [0.2, 0.25) is 0 Å². The van der Waals surface area contributed by atoms with Gasteiger partial charge < -0.3 is 10.1 Å². The summed E-state index contributed by atoms with van der Waals surface area (Å²) in [6.07, 6.45) is 0.736. The molecule has 0 bridgehead atoms. The number of ether oxygens (including phenoxy) is 1. The van der Waals surface area contributed by atoms with Crippen LogP contribution in [-0.4, -0.2) is 21.4 Å². The number of methoxy groups -OCH3 is 1. The Hall–Kier alpha value is -3.32. The van der Waals surface area contributed by atoms with E-state index in [0.29, 0.717) is 17.0 Å². The van der Waals surface area contributed by atoms with Crippen LogP contribution in [0.1, 0.15) is 35.3 Å². The van der Waals surface area contributed by atoms with Gasteiger partial charge in [-0.25, -0.2) is 8.42 Å². The van der Waals surface area contributed by atoms with E-state index in [9.17, 15) is 13.2 Å².